The predicted molar refractivity (Wildman–Crippen MR) is 154 cm³/mol. The molecule has 2 heterocycles. The van der Waals surface area contributed by atoms with Crippen molar-refractivity contribution in [2.45, 2.75) is 66.1 Å². The van der Waals surface area contributed by atoms with Gasteiger partial charge in [0.05, 0.1) is 27.4 Å². The van der Waals surface area contributed by atoms with Crippen molar-refractivity contribution < 1.29 is 52.5 Å². The van der Waals surface area contributed by atoms with Crippen LogP contribution in [-0.2, 0) is 38.0 Å². The van der Waals surface area contributed by atoms with Crippen LogP contribution in [0, 0.1) is 24.0 Å². The first kappa shape index (κ1) is 37.7. The Morgan fingerprint density at radius 1 is 0.773 bits per heavy atom. The van der Waals surface area contributed by atoms with Crippen molar-refractivity contribution in [2.24, 2.45) is 5.73 Å². The third-order valence-corrected chi connectivity index (χ3v) is 6.11. The van der Waals surface area contributed by atoms with E-state index in [1.54, 1.807) is 59.9 Å². The molecule has 0 radical (unpaired) electrons. The summed E-state index contributed by atoms with van der Waals surface area (Å²) in [5.41, 5.74) is 7.56. The molecule has 246 valence electrons. The first-order valence-corrected chi connectivity index (χ1v) is 13.8. The van der Waals surface area contributed by atoms with Gasteiger partial charge in [0, 0.05) is 30.5 Å². The number of aromatic nitrogens is 2. The monoisotopic (exact) mass is 626 g/mol. The van der Waals surface area contributed by atoms with Gasteiger partial charge < -0.3 is 43.3 Å². The van der Waals surface area contributed by atoms with Gasteiger partial charge in [-0.25, -0.2) is 14.4 Å². The Kier molecular flexibility index (Phi) is 15.8. The lowest BCUT2D eigenvalue weighted by Gasteiger charge is -2.25. The molecule has 16 heteroatoms. The van der Waals surface area contributed by atoms with Crippen LogP contribution in [0.25, 0.3) is 0 Å². The Labute approximate surface area is 255 Å². The van der Waals surface area contributed by atoms with Crippen LogP contribution in [0.5, 0.6) is 0 Å². The van der Waals surface area contributed by atoms with E-state index in [9.17, 15) is 29.3 Å². The predicted octanol–water partition coefficient (Wildman–Crippen LogP) is 2.34. The number of rotatable bonds is 15. The Bertz CT molecular complexity index is 1270. The number of ether oxygens (including phenoxy) is 6. The summed E-state index contributed by atoms with van der Waals surface area (Å²) in [5.74, 6) is -2.81. The second-order valence-corrected chi connectivity index (χ2v) is 8.94. The maximum Gasteiger partial charge on any atom is 0.386 e. The second kappa shape index (κ2) is 18.4. The van der Waals surface area contributed by atoms with Gasteiger partial charge in [-0.2, -0.15) is 0 Å². The molecule has 4 unspecified atom stereocenters. The molecule has 44 heavy (non-hydrogen) atoms. The minimum atomic E-state index is -1.80. The normalized spacial score (nSPS) is 13.4. The van der Waals surface area contributed by atoms with Crippen molar-refractivity contribution >= 4 is 23.9 Å². The summed E-state index contributed by atoms with van der Waals surface area (Å²) in [7, 11) is 2.49. The van der Waals surface area contributed by atoms with Crippen LogP contribution in [-0.4, -0.2) is 90.7 Å². The average molecular weight is 627 g/mol. The molecule has 0 amide bonds. The van der Waals surface area contributed by atoms with Gasteiger partial charge in [-0.3, -0.25) is 14.9 Å². The Balaban J connectivity index is 0.000000442. The second-order valence-electron chi connectivity index (χ2n) is 8.94. The lowest BCUT2D eigenvalue weighted by molar-refractivity contribution is -0.529. The zero-order chi connectivity index (χ0) is 33.6. The number of nitrogens with two attached hydrogens (primary N) is 1. The van der Waals surface area contributed by atoms with Crippen molar-refractivity contribution in [3.8, 4) is 0 Å². The molecule has 2 N–H and O–H groups in total. The Morgan fingerprint density at radius 2 is 1.18 bits per heavy atom. The minimum Gasteiger partial charge on any atom is -0.465 e. The molecule has 0 fully saturated rings. The number of nitrogens with zero attached hydrogens (tertiary/aromatic N) is 3. The third-order valence-electron chi connectivity index (χ3n) is 6.11. The summed E-state index contributed by atoms with van der Waals surface area (Å²) in [6.45, 7) is 10.7. The van der Waals surface area contributed by atoms with E-state index in [4.69, 9.17) is 34.2 Å². The van der Waals surface area contributed by atoms with Gasteiger partial charge in [0.15, 0.2) is 6.23 Å². The van der Waals surface area contributed by atoms with Gasteiger partial charge in [0.1, 0.15) is 17.4 Å². The largest absolute Gasteiger partial charge is 0.465 e. The highest BCUT2D eigenvalue weighted by Gasteiger charge is 2.43. The smallest absolute Gasteiger partial charge is 0.386 e. The van der Waals surface area contributed by atoms with E-state index in [2.05, 4.69) is 0 Å². The van der Waals surface area contributed by atoms with Gasteiger partial charge >= 0.3 is 29.9 Å². The summed E-state index contributed by atoms with van der Waals surface area (Å²) < 4.78 is 32.8. The average Bonchev–Trinajstić information content (AvgIpc) is 3.56. The molecule has 0 bridgehead atoms. The first-order chi connectivity index (χ1) is 20.9. The molecule has 2 rings (SSSR count). The minimum absolute atomic E-state index is 0.00339. The Morgan fingerprint density at radius 3 is 1.57 bits per heavy atom. The fourth-order valence-corrected chi connectivity index (χ4v) is 4.16. The van der Waals surface area contributed by atoms with Gasteiger partial charge in [-0.05, 0) is 64.8 Å². The zero-order valence-corrected chi connectivity index (χ0v) is 26.3. The molecule has 4 atom stereocenters. The highest BCUT2D eigenvalue weighted by molar-refractivity contribution is 5.90. The van der Waals surface area contributed by atoms with E-state index in [1.807, 2.05) is 0 Å². The fraction of sp³-hybridized carbons (Fsp3) is 0.571. The van der Waals surface area contributed by atoms with Crippen LogP contribution < -0.4 is 5.73 Å². The van der Waals surface area contributed by atoms with E-state index < -0.39 is 53.3 Å². The maximum atomic E-state index is 12.0. The summed E-state index contributed by atoms with van der Waals surface area (Å²) in [6, 6.07) is 0.474. The van der Waals surface area contributed by atoms with E-state index in [0.29, 0.717) is 23.4 Å². The first-order valence-electron chi connectivity index (χ1n) is 13.8. The zero-order valence-electron chi connectivity index (χ0n) is 26.3. The SMILES string of the molecule is CCOC(=O)C(C(OCC)n1ccc(C)c1C(=O)OC)[N+](=O)[O-].CCOC(=O)C(N)C(OCC)n1ccc(C)c1C(=O)OC. The van der Waals surface area contributed by atoms with Crippen molar-refractivity contribution in [2.75, 3.05) is 40.6 Å². The Hall–Kier alpha value is -4.28. The van der Waals surface area contributed by atoms with Crippen LogP contribution in [0.1, 0.15) is 72.3 Å². The number of hydrogen-bond acceptors (Lipinski definition) is 13. The van der Waals surface area contributed by atoms with Crippen molar-refractivity contribution in [1.82, 2.24) is 9.13 Å². The van der Waals surface area contributed by atoms with E-state index in [-0.39, 0.29) is 25.5 Å². The number of hydrogen-bond donors (Lipinski definition) is 1. The van der Waals surface area contributed by atoms with Crippen LogP contribution in [0.15, 0.2) is 24.5 Å². The van der Waals surface area contributed by atoms with Crippen molar-refractivity contribution in [3.05, 3.63) is 57.2 Å². The molecular weight excluding hydrogens is 584 g/mol. The lowest BCUT2D eigenvalue weighted by Crippen LogP contribution is -2.42. The molecule has 0 aliphatic carbocycles. The van der Waals surface area contributed by atoms with Gasteiger partial charge in [0.25, 0.3) is 0 Å². The number of aryl methyl sites for hydroxylation is 2. The molecule has 2 aromatic rings. The van der Waals surface area contributed by atoms with Gasteiger partial charge in [-0.1, -0.05) is 0 Å². The third kappa shape index (κ3) is 9.36. The highest BCUT2D eigenvalue weighted by Crippen LogP contribution is 2.24. The van der Waals surface area contributed by atoms with Gasteiger partial charge in [-0.15, -0.1) is 0 Å². The molecule has 0 spiro atoms. The van der Waals surface area contributed by atoms with Crippen molar-refractivity contribution in [3.63, 3.8) is 0 Å². The molecular formula is C28H42N4O12. The fourth-order valence-electron chi connectivity index (χ4n) is 4.16. The van der Waals surface area contributed by atoms with E-state index >= 15 is 0 Å². The van der Waals surface area contributed by atoms with E-state index in [1.165, 1.54) is 29.6 Å². The number of carbonyl (C=O) groups excluding carboxylic acids is 4. The molecule has 0 aliphatic rings. The summed E-state index contributed by atoms with van der Waals surface area (Å²) in [6.07, 6.45) is 0.923. The highest BCUT2D eigenvalue weighted by atomic mass is 16.6. The molecule has 0 saturated heterocycles. The summed E-state index contributed by atoms with van der Waals surface area (Å²) in [5, 5.41) is 11.4. The number of esters is 4. The molecule has 2 aromatic heterocycles. The quantitative estimate of drug-likeness (QED) is 0.131. The molecule has 16 nitrogen and oxygen atoms in total. The molecule has 0 aliphatic heterocycles. The topological polar surface area (TPSA) is 203 Å². The van der Waals surface area contributed by atoms with Crippen LogP contribution in [0.4, 0.5) is 0 Å². The van der Waals surface area contributed by atoms with Crippen LogP contribution >= 0.6 is 0 Å². The number of methoxy groups -OCH3 is 2. The van der Waals surface area contributed by atoms with E-state index in [0.717, 1.165) is 0 Å². The number of carbonyl (C=O) groups is 4. The molecule has 0 aromatic carbocycles. The van der Waals surface area contributed by atoms with Crippen LogP contribution in [0.3, 0.4) is 0 Å². The number of nitro groups is 1. The van der Waals surface area contributed by atoms with Crippen LogP contribution in [0.2, 0.25) is 0 Å². The lowest BCUT2D eigenvalue weighted by atomic mass is 10.2. The summed E-state index contributed by atoms with van der Waals surface area (Å²) in [4.78, 5) is 58.2. The van der Waals surface area contributed by atoms with Gasteiger partial charge in [0.2, 0.25) is 6.23 Å². The summed E-state index contributed by atoms with van der Waals surface area (Å²) >= 11 is 0. The van der Waals surface area contributed by atoms with Crippen molar-refractivity contribution in [1.29, 1.82) is 0 Å². The standard InChI is InChI=1S/C14H20N2O7.C14H22N2O5/c1-5-22-12(11(16(19)20)14(18)23-6-2)15-8-7-9(3)10(15)13(17)21-4;1-5-20-12(10(15)13(17)21-6-2)16-8-7-9(3)11(16)14(18)19-4/h7-8,11-12H,5-6H2,1-4H3;7-8,10,12H,5-6,15H2,1-4H3. The maximum absolute atomic E-state index is 12.0. The molecule has 0 saturated carbocycles.